The number of fused-ring (bicyclic) bond motifs is 2. The Balaban J connectivity index is 1.25. The molecule has 0 aromatic heterocycles. The van der Waals surface area contributed by atoms with Gasteiger partial charge in [0.05, 0.1) is 0 Å². The number of nitrogen functional groups attached to an aromatic ring is 3. The van der Waals surface area contributed by atoms with Gasteiger partial charge in [-0.05, 0) is 112 Å². The Morgan fingerprint density at radius 3 is 1.52 bits per heavy atom. The van der Waals surface area contributed by atoms with E-state index in [1.165, 1.54) is 0 Å². The summed E-state index contributed by atoms with van der Waals surface area (Å²) < 4.78 is 18.7. The van der Waals surface area contributed by atoms with Crippen molar-refractivity contribution in [3.8, 4) is 23.0 Å². The van der Waals surface area contributed by atoms with Crippen LogP contribution in [0.25, 0.3) is 21.5 Å². The molecule has 0 fully saturated rings. The van der Waals surface area contributed by atoms with Gasteiger partial charge in [-0.2, -0.15) is 0 Å². The molecule has 6 N–H and O–H groups in total. The molecule has 0 heterocycles. The van der Waals surface area contributed by atoms with Gasteiger partial charge in [0, 0.05) is 17.1 Å². The molecular weight excluding hydrogens is 498 g/mol. The highest BCUT2D eigenvalue weighted by Gasteiger charge is 2.16. The van der Waals surface area contributed by atoms with E-state index < -0.39 is 0 Å². The van der Waals surface area contributed by atoms with Crippen molar-refractivity contribution in [3.63, 3.8) is 0 Å². The molecule has 6 nitrogen and oxygen atoms in total. The lowest BCUT2D eigenvalue weighted by molar-refractivity contribution is 0.130. The zero-order valence-electron chi connectivity index (χ0n) is 21.8. The van der Waals surface area contributed by atoms with Gasteiger partial charge in [-0.25, -0.2) is 0 Å². The molecular formula is C34H29N3O3. The van der Waals surface area contributed by atoms with Crippen LogP contribution in [0.15, 0.2) is 121 Å². The van der Waals surface area contributed by atoms with E-state index in [-0.39, 0.29) is 6.10 Å². The van der Waals surface area contributed by atoms with Gasteiger partial charge in [-0.15, -0.1) is 0 Å². The van der Waals surface area contributed by atoms with Crippen LogP contribution in [0.3, 0.4) is 0 Å². The van der Waals surface area contributed by atoms with Crippen LogP contribution in [0, 0.1) is 0 Å². The van der Waals surface area contributed by atoms with Gasteiger partial charge >= 0.3 is 0 Å². The van der Waals surface area contributed by atoms with Gasteiger partial charge in [0.2, 0.25) is 0 Å². The van der Waals surface area contributed by atoms with Gasteiger partial charge in [-0.3, -0.25) is 0 Å². The monoisotopic (exact) mass is 527 g/mol. The summed E-state index contributed by atoms with van der Waals surface area (Å²) in [5.74, 6) is 2.92. The summed E-state index contributed by atoms with van der Waals surface area (Å²) in [4.78, 5) is 0. The largest absolute Gasteiger partial charge is 0.489 e. The average Bonchev–Trinajstić information content (AvgIpc) is 2.97. The predicted octanol–water partition coefficient (Wildman–Crippen LogP) is 7.73. The summed E-state index contributed by atoms with van der Waals surface area (Å²) in [6.45, 7) is 0.304. The Hall–Kier alpha value is -5.36. The summed E-state index contributed by atoms with van der Waals surface area (Å²) in [6, 6.07) is 38.7. The van der Waals surface area contributed by atoms with Crippen LogP contribution in [0.1, 0.15) is 11.7 Å². The van der Waals surface area contributed by atoms with Crippen molar-refractivity contribution < 1.29 is 14.2 Å². The molecule has 0 saturated carbocycles. The van der Waals surface area contributed by atoms with Gasteiger partial charge in [-0.1, -0.05) is 36.4 Å². The standard InChI is InChI=1S/C34H29N3O3/c35-27-9-15-31(16-10-27)39-30-11-3-22(4-12-30)34(40-33-14-6-24-18-29(37)8-2-26(24)20-33)21-38-32-13-5-23-17-28(36)7-1-25(23)19-32/h1-20,34H,21,35-37H2. The molecule has 0 radical (unpaired) electrons. The summed E-state index contributed by atoms with van der Waals surface area (Å²) in [7, 11) is 0. The molecule has 6 aromatic carbocycles. The second kappa shape index (κ2) is 10.8. The van der Waals surface area contributed by atoms with Crippen molar-refractivity contribution in [2.45, 2.75) is 6.10 Å². The van der Waals surface area contributed by atoms with Crippen molar-refractivity contribution in [3.05, 3.63) is 127 Å². The molecule has 0 aliphatic rings. The summed E-state index contributed by atoms with van der Waals surface area (Å²) in [5.41, 5.74) is 20.8. The Morgan fingerprint density at radius 2 is 0.900 bits per heavy atom. The maximum atomic E-state index is 6.51. The molecule has 0 saturated heterocycles. The van der Waals surface area contributed by atoms with Crippen molar-refractivity contribution >= 4 is 38.6 Å². The van der Waals surface area contributed by atoms with Crippen LogP contribution in [0.5, 0.6) is 23.0 Å². The van der Waals surface area contributed by atoms with Crippen molar-refractivity contribution in [1.82, 2.24) is 0 Å². The number of hydrogen-bond donors (Lipinski definition) is 3. The molecule has 40 heavy (non-hydrogen) atoms. The Kier molecular flexibility index (Phi) is 6.73. The summed E-state index contributed by atoms with van der Waals surface area (Å²) in [6.07, 6.45) is -0.376. The van der Waals surface area contributed by atoms with Crippen LogP contribution < -0.4 is 31.4 Å². The molecule has 0 spiro atoms. The SMILES string of the molecule is Nc1ccc(Oc2ccc(C(COc3ccc4cc(N)ccc4c3)Oc3ccc4cc(N)ccc4c3)cc2)cc1. The summed E-state index contributed by atoms with van der Waals surface area (Å²) >= 11 is 0. The molecule has 1 atom stereocenters. The van der Waals surface area contributed by atoms with Crippen LogP contribution in [-0.2, 0) is 0 Å². The molecule has 6 aromatic rings. The van der Waals surface area contributed by atoms with E-state index in [1.807, 2.05) is 121 Å². The minimum Gasteiger partial charge on any atom is -0.489 e. The lowest BCUT2D eigenvalue weighted by atomic mass is 10.1. The smallest absolute Gasteiger partial charge is 0.158 e. The van der Waals surface area contributed by atoms with Crippen LogP contribution >= 0.6 is 0 Å². The second-order valence-electron chi connectivity index (χ2n) is 9.69. The first kappa shape index (κ1) is 24.9. The highest BCUT2D eigenvalue weighted by atomic mass is 16.5. The van der Waals surface area contributed by atoms with E-state index in [0.717, 1.165) is 50.0 Å². The number of nitrogens with two attached hydrogens (primary N) is 3. The Labute approximate surface area is 232 Å². The fraction of sp³-hybridized carbons (Fsp3) is 0.0588. The highest BCUT2D eigenvalue weighted by Crippen LogP contribution is 2.30. The molecule has 0 aliphatic carbocycles. The third-order valence-electron chi connectivity index (χ3n) is 6.72. The lowest BCUT2D eigenvalue weighted by Crippen LogP contribution is -2.16. The maximum absolute atomic E-state index is 6.51. The fourth-order valence-corrected chi connectivity index (χ4v) is 4.60. The molecule has 198 valence electrons. The topological polar surface area (TPSA) is 106 Å². The zero-order valence-corrected chi connectivity index (χ0v) is 21.8. The molecule has 1 unspecified atom stereocenters. The first-order valence-electron chi connectivity index (χ1n) is 13.0. The van der Waals surface area contributed by atoms with E-state index in [0.29, 0.717) is 23.8 Å². The number of benzene rings is 6. The fourth-order valence-electron chi connectivity index (χ4n) is 4.60. The van der Waals surface area contributed by atoms with Crippen LogP contribution in [0.4, 0.5) is 17.1 Å². The van der Waals surface area contributed by atoms with E-state index in [1.54, 1.807) is 0 Å². The van der Waals surface area contributed by atoms with E-state index in [9.17, 15) is 0 Å². The highest BCUT2D eigenvalue weighted by molar-refractivity contribution is 5.87. The maximum Gasteiger partial charge on any atom is 0.158 e. The lowest BCUT2D eigenvalue weighted by Gasteiger charge is -2.21. The number of hydrogen-bond acceptors (Lipinski definition) is 6. The van der Waals surface area contributed by atoms with E-state index in [4.69, 9.17) is 31.4 Å². The first-order valence-corrected chi connectivity index (χ1v) is 13.0. The van der Waals surface area contributed by atoms with Gasteiger partial charge < -0.3 is 31.4 Å². The minimum absolute atomic E-state index is 0.304. The number of rotatable bonds is 8. The third-order valence-corrected chi connectivity index (χ3v) is 6.72. The van der Waals surface area contributed by atoms with Crippen LogP contribution in [-0.4, -0.2) is 6.61 Å². The second-order valence-corrected chi connectivity index (χ2v) is 9.69. The Bertz CT molecular complexity index is 1780. The van der Waals surface area contributed by atoms with Crippen LogP contribution in [0.2, 0.25) is 0 Å². The molecule has 6 heteroatoms. The quantitative estimate of drug-likeness (QED) is 0.175. The zero-order chi connectivity index (χ0) is 27.5. The van der Waals surface area contributed by atoms with Gasteiger partial charge in [0.15, 0.2) is 6.10 Å². The van der Waals surface area contributed by atoms with Gasteiger partial charge in [0.25, 0.3) is 0 Å². The number of ether oxygens (including phenoxy) is 3. The summed E-state index contributed by atoms with van der Waals surface area (Å²) in [5, 5.41) is 4.23. The first-order chi connectivity index (χ1) is 19.5. The third kappa shape index (κ3) is 5.71. The Morgan fingerprint density at radius 1 is 0.450 bits per heavy atom. The molecule has 0 bridgehead atoms. The average molecular weight is 528 g/mol. The van der Waals surface area contributed by atoms with E-state index >= 15 is 0 Å². The van der Waals surface area contributed by atoms with Crippen molar-refractivity contribution in [2.24, 2.45) is 0 Å². The van der Waals surface area contributed by atoms with E-state index in [2.05, 4.69) is 0 Å². The molecule has 6 rings (SSSR count). The number of anilines is 3. The van der Waals surface area contributed by atoms with Crippen molar-refractivity contribution in [1.29, 1.82) is 0 Å². The van der Waals surface area contributed by atoms with Crippen molar-refractivity contribution in [2.75, 3.05) is 23.8 Å². The van der Waals surface area contributed by atoms with Gasteiger partial charge in [0.1, 0.15) is 29.6 Å². The molecule has 0 amide bonds. The molecule has 0 aliphatic heterocycles. The predicted molar refractivity (Wildman–Crippen MR) is 163 cm³/mol. The minimum atomic E-state index is -0.376. The normalized spacial score (nSPS) is 11.8.